The van der Waals surface area contributed by atoms with Crippen LogP contribution in [0.15, 0.2) is 0 Å². The van der Waals surface area contributed by atoms with Gasteiger partial charge in [0.25, 0.3) is 5.91 Å². The molecule has 6 nitrogen and oxygen atoms in total. The Morgan fingerprint density at radius 1 is 1.45 bits per heavy atom. The summed E-state index contributed by atoms with van der Waals surface area (Å²) < 4.78 is 0. The molecule has 0 atom stereocenters. The maximum Gasteiger partial charge on any atom is 0.290 e. The predicted molar refractivity (Wildman–Crippen MR) is 77.5 cm³/mol. The summed E-state index contributed by atoms with van der Waals surface area (Å²) in [6.45, 7) is 5.12. The topological polar surface area (TPSA) is 73.9 Å². The van der Waals surface area contributed by atoms with Crippen LogP contribution in [0, 0.1) is 5.92 Å². The third-order valence-corrected chi connectivity index (χ3v) is 3.90. The lowest BCUT2D eigenvalue weighted by Gasteiger charge is -2.28. The standard InChI is InChI=1S/C14H25N5O/c1-3-4-12-16-13(18-17-12)14(20)15-8-5-11-6-9-19(2)10-7-11/h11H,3-10H2,1-2H3,(H,15,20)(H,16,17,18). The number of likely N-dealkylation sites (tertiary alicyclic amines) is 1. The second-order valence-corrected chi connectivity index (χ2v) is 5.65. The summed E-state index contributed by atoms with van der Waals surface area (Å²) in [5, 5.41) is 9.68. The number of nitrogens with zero attached hydrogens (tertiary/aromatic N) is 3. The average molecular weight is 279 g/mol. The summed E-state index contributed by atoms with van der Waals surface area (Å²) in [5.74, 6) is 1.61. The number of carbonyl (C=O) groups excluding carboxylic acids is 1. The molecule has 2 heterocycles. The first-order chi connectivity index (χ1) is 9.69. The first-order valence-electron chi connectivity index (χ1n) is 7.57. The van der Waals surface area contributed by atoms with Gasteiger partial charge in [0.2, 0.25) is 5.82 Å². The van der Waals surface area contributed by atoms with Gasteiger partial charge in [-0.15, -0.1) is 5.10 Å². The van der Waals surface area contributed by atoms with Crippen LogP contribution in [0.2, 0.25) is 0 Å². The lowest BCUT2D eigenvalue weighted by atomic mass is 9.94. The monoisotopic (exact) mass is 279 g/mol. The summed E-state index contributed by atoms with van der Waals surface area (Å²) in [5.41, 5.74) is 0. The van der Waals surface area contributed by atoms with Gasteiger partial charge in [-0.25, -0.2) is 4.98 Å². The Morgan fingerprint density at radius 2 is 2.20 bits per heavy atom. The number of carbonyl (C=O) groups is 1. The molecule has 0 aliphatic carbocycles. The maximum atomic E-state index is 11.9. The van der Waals surface area contributed by atoms with Gasteiger partial charge < -0.3 is 10.2 Å². The van der Waals surface area contributed by atoms with Crippen molar-refractivity contribution in [1.82, 2.24) is 25.4 Å². The quantitative estimate of drug-likeness (QED) is 0.821. The fourth-order valence-electron chi connectivity index (χ4n) is 2.57. The third-order valence-electron chi connectivity index (χ3n) is 3.90. The van der Waals surface area contributed by atoms with Crippen molar-refractivity contribution in [3.63, 3.8) is 0 Å². The van der Waals surface area contributed by atoms with Gasteiger partial charge in [-0.05, 0) is 51.7 Å². The van der Waals surface area contributed by atoms with Crippen molar-refractivity contribution in [3.05, 3.63) is 11.6 Å². The number of nitrogens with one attached hydrogen (secondary N) is 2. The van der Waals surface area contributed by atoms with Gasteiger partial charge in [-0.2, -0.15) is 0 Å². The number of rotatable bonds is 6. The van der Waals surface area contributed by atoms with Crippen LogP contribution in [0.25, 0.3) is 0 Å². The number of hydrogen-bond donors (Lipinski definition) is 2. The van der Waals surface area contributed by atoms with Crippen molar-refractivity contribution < 1.29 is 4.79 Å². The normalized spacial score (nSPS) is 17.3. The van der Waals surface area contributed by atoms with E-state index in [9.17, 15) is 4.79 Å². The lowest BCUT2D eigenvalue weighted by Crippen LogP contribution is -2.33. The zero-order valence-electron chi connectivity index (χ0n) is 12.5. The second-order valence-electron chi connectivity index (χ2n) is 5.65. The van der Waals surface area contributed by atoms with Crippen LogP contribution in [-0.2, 0) is 6.42 Å². The average Bonchev–Trinajstić information content (AvgIpc) is 2.90. The number of piperidine rings is 1. The molecule has 2 rings (SSSR count). The van der Waals surface area contributed by atoms with E-state index in [1.165, 1.54) is 25.9 Å². The smallest absolute Gasteiger partial charge is 0.290 e. The minimum atomic E-state index is -0.170. The zero-order valence-corrected chi connectivity index (χ0v) is 12.5. The number of H-pyrrole nitrogens is 1. The molecule has 20 heavy (non-hydrogen) atoms. The molecule has 0 saturated carbocycles. The zero-order chi connectivity index (χ0) is 14.4. The van der Waals surface area contributed by atoms with Gasteiger partial charge in [-0.1, -0.05) is 6.92 Å². The van der Waals surface area contributed by atoms with E-state index in [1.54, 1.807) is 0 Å². The molecule has 1 saturated heterocycles. The van der Waals surface area contributed by atoms with E-state index in [-0.39, 0.29) is 11.7 Å². The van der Waals surface area contributed by atoms with Gasteiger partial charge in [-0.3, -0.25) is 9.89 Å². The predicted octanol–water partition coefficient (Wildman–Crippen LogP) is 1.22. The van der Waals surface area contributed by atoms with E-state index in [4.69, 9.17) is 0 Å². The Kier molecular flexibility index (Phi) is 5.52. The fourth-order valence-corrected chi connectivity index (χ4v) is 2.57. The van der Waals surface area contributed by atoms with E-state index in [0.717, 1.165) is 31.0 Å². The van der Waals surface area contributed by atoms with Crippen LogP contribution in [0.3, 0.4) is 0 Å². The molecule has 0 bridgehead atoms. The highest BCUT2D eigenvalue weighted by atomic mass is 16.2. The van der Waals surface area contributed by atoms with Crippen molar-refractivity contribution in [3.8, 4) is 0 Å². The first kappa shape index (κ1) is 15.0. The molecule has 0 aromatic carbocycles. The summed E-state index contributed by atoms with van der Waals surface area (Å²) in [4.78, 5) is 18.4. The van der Waals surface area contributed by atoms with Gasteiger partial charge in [0.15, 0.2) is 0 Å². The Labute approximate surface area is 120 Å². The highest BCUT2D eigenvalue weighted by molar-refractivity contribution is 5.90. The molecule has 2 N–H and O–H groups in total. The van der Waals surface area contributed by atoms with Crippen LogP contribution in [-0.4, -0.2) is 52.7 Å². The highest BCUT2D eigenvalue weighted by Crippen LogP contribution is 2.18. The van der Waals surface area contributed by atoms with E-state index in [2.05, 4.69) is 39.4 Å². The van der Waals surface area contributed by atoms with Crippen LogP contribution < -0.4 is 5.32 Å². The third kappa shape index (κ3) is 4.30. The number of amides is 1. The first-order valence-corrected chi connectivity index (χ1v) is 7.57. The van der Waals surface area contributed by atoms with Gasteiger partial charge in [0.05, 0.1) is 0 Å². The molecule has 1 amide bonds. The molecular weight excluding hydrogens is 254 g/mol. The minimum Gasteiger partial charge on any atom is -0.349 e. The largest absolute Gasteiger partial charge is 0.349 e. The molecule has 1 aromatic heterocycles. The minimum absolute atomic E-state index is 0.170. The van der Waals surface area contributed by atoms with Crippen molar-refractivity contribution in [2.24, 2.45) is 5.92 Å². The molecule has 1 aliphatic rings. The summed E-state index contributed by atoms with van der Waals surface area (Å²) in [6, 6.07) is 0. The van der Waals surface area contributed by atoms with E-state index >= 15 is 0 Å². The van der Waals surface area contributed by atoms with Gasteiger partial charge >= 0.3 is 0 Å². The molecule has 112 valence electrons. The number of aromatic amines is 1. The molecule has 1 aliphatic heterocycles. The molecule has 1 fully saturated rings. The summed E-state index contributed by atoms with van der Waals surface area (Å²) in [7, 11) is 2.16. The molecule has 0 spiro atoms. The van der Waals surface area contributed by atoms with E-state index in [0.29, 0.717) is 6.54 Å². The van der Waals surface area contributed by atoms with Crippen molar-refractivity contribution in [2.75, 3.05) is 26.7 Å². The summed E-state index contributed by atoms with van der Waals surface area (Å²) >= 11 is 0. The van der Waals surface area contributed by atoms with Crippen LogP contribution in [0.1, 0.15) is 49.1 Å². The maximum absolute atomic E-state index is 11.9. The van der Waals surface area contributed by atoms with Crippen LogP contribution in [0.5, 0.6) is 0 Å². The second kappa shape index (κ2) is 7.38. The highest BCUT2D eigenvalue weighted by Gasteiger charge is 2.17. The SMILES string of the molecule is CCCc1nc(C(=O)NCCC2CCN(C)CC2)n[nH]1. The van der Waals surface area contributed by atoms with E-state index in [1.807, 2.05) is 0 Å². The van der Waals surface area contributed by atoms with Crippen molar-refractivity contribution >= 4 is 5.91 Å². The Bertz CT molecular complexity index is 423. The van der Waals surface area contributed by atoms with Crippen molar-refractivity contribution in [2.45, 2.75) is 39.0 Å². The molecule has 6 heteroatoms. The Balaban J connectivity index is 1.69. The Hall–Kier alpha value is -1.43. The number of aryl methyl sites for hydroxylation is 1. The van der Waals surface area contributed by atoms with Crippen LogP contribution >= 0.6 is 0 Å². The van der Waals surface area contributed by atoms with Gasteiger partial charge in [0.1, 0.15) is 5.82 Å². The molecule has 0 unspecified atom stereocenters. The molecule has 0 radical (unpaired) electrons. The molecular formula is C14H25N5O. The van der Waals surface area contributed by atoms with E-state index < -0.39 is 0 Å². The lowest BCUT2D eigenvalue weighted by molar-refractivity contribution is 0.0939. The van der Waals surface area contributed by atoms with Crippen molar-refractivity contribution in [1.29, 1.82) is 0 Å². The Morgan fingerprint density at radius 3 is 2.90 bits per heavy atom. The summed E-state index contributed by atoms with van der Waals surface area (Å²) in [6.07, 6.45) is 5.33. The number of aromatic nitrogens is 3. The number of hydrogen-bond acceptors (Lipinski definition) is 4. The fraction of sp³-hybridized carbons (Fsp3) is 0.786. The van der Waals surface area contributed by atoms with Crippen LogP contribution in [0.4, 0.5) is 0 Å². The molecule has 1 aromatic rings. The van der Waals surface area contributed by atoms with Gasteiger partial charge in [0, 0.05) is 13.0 Å².